The third-order valence-electron chi connectivity index (χ3n) is 3.01. The van der Waals surface area contributed by atoms with Crippen molar-refractivity contribution in [2.45, 2.75) is 13.8 Å². The number of aryl methyl sites for hydroxylation is 2. The number of ether oxygens (including phenoxy) is 1. The highest BCUT2D eigenvalue weighted by atomic mass is 35.5. The molecule has 0 saturated heterocycles. The zero-order chi connectivity index (χ0) is 16.8. The summed E-state index contributed by atoms with van der Waals surface area (Å²) in [6, 6.07) is 8.71. The molecule has 2 N–H and O–H groups in total. The number of rotatable bonds is 4. The Morgan fingerprint density at radius 1 is 1.17 bits per heavy atom. The molecule has 1 aromatic carbocycles. The van der Waals surface area contributed by atoms with Crippen molar-refractivity contribution in [2.75, 3.05) is 6.61 Å². The zero-order valence-electron chi connectivity index (χ0n) is 12.7. The van der Waals surface area contributed by atoms with Gasteiger partial charge in [0.05, 0.1) is 5.56 Å². The minimum atomic E-state index is -0.491. The van der Waals surface area contributed by atoms with Gasteiger partial charge in [0, 0.05) is 6.20 Å². The molecule has 0 bridgehead atoms. The maximum Gasteiger partial charge on any atom is 0.276 e. The average molecular weight is 334 g/mol. The third-order valence-corrected chi connectivity index (χ3v) is 3.23. The number of hydrazine groups is 1. The number of nitrogens with zero attached hydrogens (tertiary/aromatic N) is 1. The van der Waals surface area contributed by atoms with Gasteiger partial charge in [-0.3, -0.25) is 20.4 Å². The van der Waals surface area contributed by atoms with Crippen LogP contribution in [-0.4, -0.2) is 23.4 Å². The second kappa shape index (κ2) is 7.60. The molecule has 0 spiro atoms. The highest BCUT2D eigenvalue weighted by Crippen LogP contribution is 2.18. The molecule has 7 heteroatoms. The van der Waals surface area contributed by atoms with Crippen LogP contribution in [0.4, 0.5) is 0 Å². The Bertz CT molecular complexity index is 717. The third kappa shape index (κ3) is 4.96. The SMILES string of the molecule is Cc1ccc(C)c(OCC(=O)NNC(=O)c2ccc(Cl)nc2)c1. The lowest BCUT2D eigenvalue weighted by atomic mass is 10.1. The maximum atomic E-state index is 11.8. The molecule has 0 unspecified atom stereocenters. The van der Waals surface area contributed by atoms with Crippen LogP contribution >= 0.6 is 11.6 Å². The van der Waals surface area contributed by atoms with Crippen molar-refractivity contribution in [1.29, 1.82) is 0 Å². The summed E-state index contributed by atoms with van der Waals surface area (Å²) in [4.78, 5) is 27.3. The van der Waals surface area contributed by atoms with Gasteiger partial charge in [-0.05, 0) is 43.2 Å². The fourth-order valence-corrected chi connectivity index (χ4v) is 1.86. The second-order valence-corrected chi connectivity index (χ2v) is 5.32. The van der Waals surface area contributed by atoms with E-state index in [0.29, 0.717) is 5.75 Å². The number of carbonyl (C=O) groups excluding carboxylic acids is 2. The first-order valence-corrected chi connectivity index (χ1v) is 7.24. The standard InChI is InChI=1S/C16H16ClN3O3/c1-10-3-4-11(2)13(7-10)23-9-15(21)19-20-16(22)12-5-6-14(17)18-8-12/h3-8H,9H2,1-2H3,(H,19,21)(H,20,22). The monoisotopic (exact) mass is 333 g/mol. The predicted molar refractivity (Wildman–Crippen MR) is 86.3 cm³/mol. The van der Waals surface area contributed by atoms with Gasteiger partial charge < -0.3 is 4.74 Å². The van der Waals surface area contributed by atoms with Gasteiger partial charge in [-0.2, -0.15) is 0 Å². The minimum Gasteiger partial charge on any atom is -0.483 e. The molecule has 0 aliphatic heterocycles. The lowest BCUT2D eigenvalue weighted by Crippen LogP contribution is -2.43. The molecule has 2 aromatic rings. The van der Waals surface area contributed by atoms with Gasteiger partial charge in [-0.15, -0.1) is 0 Å². The van der Waals surface area contributed by atoms with Gasteiger partial charge >= 0.3 is 0 Å². The summed E-state index contributed by atoms with van der Waals surface area (Å²) in [5.41, 5.74) is 6.80. The van der Waals surface area contributed by atoms with Crippen LogP contribution in [-0.2, 0) is 4.79 Å². The van der Waals surface area contributed by atoms with Crippen molar-refractivity contribution in [2.24, 2.45) is 0 Å². The summed E-state index contributed by atoms with van der Waals surface area (Å²) in [6.45, 7) is 3.62. The Morgan fingerprint density at radius 2 is 1.96 bits per heavy atom. The highest BCUT2D eigenvalue weighted by Gasteiger charge is 2.09. The molecule has 1 heterocycles. The molecule has 2 rings (SSSR count). The summed E-state index contributed by atoms with van der Waals surface area (Å²) >= 11 is 5.64. The van der Waals surface area contributed by atoms with Crippen LogP contribution in [0.2, 0.25) is 5.15 Å². The van der Waals surface area contributed by atoms with Crippen LogP contribution in [0.1, 0.15) is 21.5 Å². The molecule has 23 heavy (non-hydrogen) atoms. The first-order valence-electron chi connectivity index (χ1n) is 6.86. The number of pyridine rings is 1. The largest absolute Gasteiger partial charge is 0.483 e. The molecule has 1 aromatic heterocycles. The molecule has 2 amide bonds. The number of halogens is 1. The van der Waals surface area contributed by atoms with E-state index in [1.54, 1.807) is 0 Å². The zero-order valence-corrected chi connectivity index (χ0v) is 13.5. The Hall–Kier alpha value is -2.60. The van der Waals surface area contributed by atoms with Crippen molar-refractivity contribution in [3.63, 3.8) is 0 Å². The number of carbonyl (C=O) groups is 2. The first kappa shape index (κ1) is 16.8. The van der Waals surface area contributed by atoms with Gasteiger partial charge in [0.2, 0.25) is 0 Å². The van der Waals surface area contributed by atoms with Crippen molar-refractivity contribution in [3.05, 3.63) is 58.4 Å². The normalized spacial score (nSPS) is 10.0. The van der Waals surface area contributed by atoms with Crippen LogP contribution in [0.5, 0.6) is 5.75 Å². The Morgan fingerprint density at radius 3 is 2.65 bits per heavy atom. The number of hydrogen-bond donors (Lipinski definition) is 2. The van der Waals surface area contributed by atoms with Crippen LogP contribution in [0.3, 0.4) is 0 Å². The van der Waals surface area contributed by atoms with Crippen molar-refractivity contribution < 1.29 is 14.3 Å². The summed E-state index contributed by atoms with van der Waals surface area (Å²) < 4.78 is 5.44. The van der Waals surface area contributed by atoms with Crippen LogP contribution in [0.25, 0.3) is 0 Å². The molecule has 0 radical (unpaired) electrons. The number of nitrogens with one attached hydrogen (secondary N) is 2. The number of hydrogen-bond acceptors (Lipinski definition) is 4. The van der Waals surface area contributed by atoms with Gasteiger partial charge in [0.1, 0.15) is 10.9 Å². The molecule has 0 aliphatic carbocycles. The average Bonchev–Trinajstić information content (AvgIpc) is 2.54. The van der Waals surface area contributed by atoms with Gasteiger partial charge in [-0.25, -0.2) is 4.98 Å². The summed E-state index contributed by atoms with van der Waals surface area (Å²) in [5, 5.41) is 0.285. The second-order valence-electron chi connectivity index (χ2n) is 4.93. The fraction of sp³-hybridized carbons (Fsp3) is 0.188. The van der Waals surface area contributed by atoms with E-state index >= 15 is 0 Å². The van der Waals surface area contributed by atoms with Gasteiger partial charge in [0.25, 0.3) is 11.8 Å². The predicted octanol–water partition coefficient (Wildman–Crippen LogP) is 2.19. The fourth-order valence-electron chi connectivity index (χ4n) is 1.75. The van der Waals surface area contributed by atoms with Gasteiger partial charge in [-0.1, -0.05) is 23.7 Å². The Balaban J connectivity index is 1.82. The maximum absolute atomic E-state index is 11.8. The topological polar surface area (TPSA) is 80.3 Å². The van der Waals surface area contributed by atoms with Crippen molar-refractivity contribution >= 4 is 23.4 Å². The van der Waals surface area contributed by atoms with Crippen LogP contribution in [0, 0.1) is 13.8 Å². The molecule has 0 atom stereocenters. The summed E-state index contributed by atoms with van der Waals surface area (Å²) in [7, 11) is 0. The molecule has 6 nitrogen and oxygen atoms in total. The van der Waals surface area contributed by atoms with E-state index in [4.69, 9.17) is 16.3 Å². The smallest absolute Gasteiger partial charge is 0.276 e. The van der Waals surface area contributed by atoms with E-state index in [2.05, 4.69) is 15.8 Å². The number of amides is 2. The summed E-state index contributed by atoms with van der Waals surface area (Å²) in [6.07, 6.45) is 1.32. The first-order chi connectivity index (χ1) is 11.0. The number of aromatic nitrogens is 1. The molecule has 0 aliphatic rings. The van der Waals surface area contributed by atoms with Crippen LogP contribution in [0.15, 0.2) is 36.5 Å². The van der Waals surface area contributed by atoms with E-state index in [-0.39, 0.29) is 17.3 Å². The molecule has 120 valence electrons. The Labute approximate surface area is 138 Å². The highest BCUT2D eigenvalue weighted by molar-refractivity contribution is 6.29. The van der Waals surface area contributed by atoms with Crippen molar-refractivity contribution in [3.8, 4) is 5.75 Å². The van der Waals surface area contributed by atoms with E-state index in [0.717, 1.165) is 11.1 Å². The van der Waals surface area contributed by atoms with E-state index in [1.807, 2.05) is 32.0 Å². The summed E-state index contributed by atoms with van der Waals surface area (Å²) in [5.74, 6) is -0.330. The molecular formula is C16H16ClN3O3. The van der Waals surface area contributed by atoms with E-state index < -0.39 is 11.8 Å². The number of benzene rings is 1. The Kier molecular flexibility index (Phi) is 5.54. The lowest BCUT2D eigenvalue weighted by molar-refractivity contribution is -0.123. The van der Waals surface area contributed by atoms with E-state index in [9.17, 15) is 9.59 Å². The van der Waals surface area contributed by atoms with Crippen molar-refractivity contribution in [1.82, 2.24) is 15.8 Å². The molecule has 0 fully saturated rings. The minimum absolute atomic E-state index is 0.205. The molecular weight excluding hydrogens is 318 g/mol. The molecule has 0 saturated carbocycles. The quantitative estimate of drug-likeness (QED) is 0.664. The lowest BCUT2D eigenvalue weighted by Gasteiger charge is -2.11. The van der Waals surface area contributed by atoms with Gasteiger partial charge in [0.15, 0.2) is 6.61 Å². The van der Waals surface area contributed by atoms with E-state index in [1.165, 1.54) is 18.3 Å². The van der Waals surface area contributed by atoms with Crippen LogP contribution < -0.4 is 15.6 Å².